The van der Waals surface area contributed by atoms with Crippen LogP contribution in [0, 0.1) is 0 Å². The predicted octanol–water partition coefficient (Wildman–Crippen LogP) is 5.50. The smallest absolute Gasteiger partial charge is 0.255 e. The van der Waals surface area contributed by atoms with E-state index in [2.05, 4.69) is 10.6 Å². The van der Waals surface area contributed by atoms with Gasteiger partial charge in [-0.25, -0.2) is 0 Å². The van der Waals surface area contributed by atoms with Crippen LogP contribution in [0.4, 0.5) is 11.4 Å². The topological polar surface area (TPSA) is 58.2 Å². The van der Waals surface area contributed by atoms with Gasteiger partial charge >= 0.3 is 0 Å². The van der Waals surface area contributed by atoms with Crippen molar-refractivity contribution >= 4 is 46.4 Å². The van der Waals surface area contributed by atoms with Gasteiger partial charge in [0.2, 0.25) is 0 Å². The van der Waals surface area contributed by atoms with Crippen LogP contribution in [0.2, 0.25) is 10.0 Å². The highest BCUT2D eigenvalue weighted by Crippen LogP contribution is 2.25. The molecule has 2 N–H and O–H groups in total. The lowest BCUT2D eigenvalue weighted by Crippen LogP contribution is -2.14. The number of rotatable bonds is 4. The van der Waals surface area contributed by atoms with E-state index in [4.69, 9.17) is 23.2 Å². The summed E-state index contributed by atoms with van der Waals surface area (Å²) in [7, 11) is 0. The number of amides is 2. The second-order valence-corrected chi connectivity index (χ2v) is 6.30. The predicted molar refractivity (Wildman–Crippen MR) is 105 cm³/mol. The summed E-state index contributed by atoms with van der Waals surface area (Å²) < 4.78 is 0. The Morgan fingerprint density at radius 1 is 0.615 bits per heavy atom. The Bertz CT molecular complexity index is 959. The lowest BCUT2D eigenvalue weighted by Gasteiger charge is -2.09. The molecule has 0 spiro atoms. The number of halogens is 2. The minimum Gasteiger partial charge on any atom is -0.322 e. The lowest BCUT2D eigenvalue weighted by molar-refractivity contribution is 0.101. The highest BCUT2D eigenvalue weighted by molar-refractivity contribution is 6.42. The van der Waals surface area contributed by atoms with Crippen LogP contribution < -0.4 is 10.6 Å². The number of hydrogen-bond acceptors (Lipinski definition) is 2. The Kier molecular flexibility index (Phi) is 5.56. The zero-order chi connectivity index (χ0) is 18.5. The molecule has 0 bridgehead atoms. The molecule has 0 aliphatic heterocycles. The summed E-state index contributed by atoms with van der Waals surface area (Å²) in [5.41, 5.74) is 2.00. The van der Waals surface area contributed by atoms with Crippen LogP contribution in [0.25, 0.3) is 0 Å². The maximum atomic E-state index is 12.4. The molecule has 0 aromatic heterocycles. The molecule has 0 fully saturated rings. The van der Waals surface area contributed by atoms with Crippen molar-refractivity contribution in [2.24, 2.45) is 0 Å². The Hall–Kier alpha value is -2.82. The Labute approximate surface area is 160 Å². The number of hydrogen-bond donors (Lipinski definition) is 2. The molecule has 6 heteroatoms. The maximum absolute atomic E-state index is 12.4. The van der Waals surface area contributed by atoms with Crippen molar-refractivity contribution in [3.05, 3.63) is 94.0 Å². The van der Waals surface area contributed by atoms with Gasteiger partial charge in [0.1, 0.15) is 0 Å². The lowest BCUT2D eigenvalue weighted by atomic mass is 10.1. The van der Waals surface area contributed by atoms with Gasteiger partial charge in [-0.05, 0) is 48.5 Å². The van der Waals surface area contributed by atoms with Crippen molar-refractivity contribution in [2.45, 2.75) is 0 Å². The Morgan fingerprint density at radius 3 is 1.92 bits per heavy atom. The first kappa shape index (κ1) is 18.0. The molecular formula is C20H14Cl2N2O2. The summed E-state index contributed by atoms with van der Waals surface area (Å²) in [4.78, 5) is 24.6. The zero-order valence-corrected chi connectivity index (χ0v) is 15.0. The first-order chi connectivity index (χ1) is 12.5. The van der Waals surface area contributed by atoms with Crippen LogP contribution in [-0.4, -0.2) is 11.8 Å². The van der Waals surface area contributed by atoms with E-state index in [0.29, 0.717) is 32.5 Å². The third kappa shape index (κ3) is 4.42. The van der Waals surface area contributed by atoms with Gasteiger partial charge in [-0.3, -0.25) is 9.59 Å². The number of benzene rings is 3. The van der Waals surface area contributed by atoms with E-state index in [-0.39, 0.29) is 11.8 Å². The van der Waals surface area contributed by atoms with Gasteiger partial charge < -0.3 is 10.6 Å². The molecule has 130 valence electrons. The molecule has 4 nitrogen and oxygen atoms in total. The molecule has 3 aromatic carbocycles. The second-order valence-electron chi connectivity index (χ2n) is 5.48. The van der Waals surface area contributed by atoms with E-state index in [1.165, 1.54) is 0 Å². The van der Waals surface area contributed by atoms with Crippen LogP contribution in [0.1, 0.15) is 20.7 Å². The molecule has 3 rings (SSSR count). The standard InChI is InChI=1S/C20H14Cl2N2O2/c21-17-10-9-16(12-18(17)22)24-20(26)14-7-4-8-15(11-14)23-19(25)13-5-2-1-3-6-13/h1-12H,(H,23,25)(H,24,26). The van der Waals surface area contributed by atoms with E-state index in [9.17, 15) is 9.59 Å². The van der Waals surface area contributed by atoms with E-state index in [1.54, 1.807) is 66.7 Å². The van der Waals surface area contributed by atoms with Gasteiger partial charge in [0.05, 0.1) is 10.0 Å². The normalized spacial score (nSPS) is 10.2. The average Bonchev–Trinajstić information content (AvgIpc) is 2.65. The van der Waals surface area contributed by atoms with Crippen molar-refractivity contribution < 1.29 is 9.59 Å². The van der Waals surface area contributed by atoms with Crippen LogP contribution in [0.3, 0.4) is 0 Å². The zero-order valence-electron chi connectivity index (χ0n) is 13.5. The summed E-state index contributed by atoms with van der Waals surface area (Å²) in [6, 6.07) is 20.4. The summed E-state index contributed by atoms with van der Waals surface area (Å²) in [6.07, 6.45) is 0. The highest BCUT2D eigenvalue weighted by Gasteiger charge is 2.10. The minimum absolute atomic E-state index is 0.243. The Morgan fingerprint density at radius 2 is 1.23 bits per heavy atom. The molecule has 2 amide bonds. The molecule has 0 unspecified atom stereocenters. The Balaban J connectivity index is 1.73. The number of carbonyl (C=O) groups excluding carboxylic acids is 2. The molecule has 0 atom stereocenters. The molecule has 0 saturated heterocycles. The van der Waals surface area contributed by atoms with E-state index < -0.39 is 0 Å². The van der Waals surface area contributed by atoms with Crippen molar-refractivity contribution in [3.8, 4) is 0 Å². The molecular weight excluding hydrogens is 371 g/mol. The molecule has 0 aliphatic rings. The molecule has 0 radical (unpaired) electrons. The average molecular weight is 385 g/mol. The van der Waals surface area contributed by atoms with Gasteiger partial charge in [0, 0.05) is 22.5 Å². The van der Waals surface area contributed by atoms with Crippen molar-refractivity contribution in [3.63, 3.8) is 0 Å². The largest absolute Gasteiger partial charge is 0.322 e. The van der Waals surface area contributed by atoms with Gasteiger partial charge in [-0.2, -0.15) is 0 Å². The van der Waals surface area contributed by atoms with Crippen molar-refractivity contribution in [2.75, 3.05) is 10.6 Å². The summed E-state index contributed by atoms with van der Waals surface area (Å²) in [5.74, 6) is -0.563. The first-order valence-electron chi connectivity index (χ1n) is 7.76. The third-order valence-corrected chi connectivity index (χ3v) is 4.34. The van der Waals surface area contributed by atoms with E-state index in [0.717, 1.165) is 0 Å². The van der Waals surface area contributed by atoms with Crippen LogP contribution in [0.15, 0.2) is 72.8 Å². The van der Waals surface area contributed by atoms with Gasteiger partial charge in [0.15, 0.2) is 0 Å². The number of carbonyl (C=O) groups is 2. The van der Waals surface area contributed by atoms with Crippen molar-refractivity contribution in [1.82, 2.24) is 0 Å². The number of nitrogens with one attached hydrogen (secondary N) is 2. The van der Waals surface area contributed by atoms with Crippen molar-refractivity contribution in [1.29, 1.82) is 0 Å². The summed E-state index contributed by atoms with van der Waals surface area (Å²) in [6.45, 7) is 0. The quantitative estimate of drug-likeness (QED) is 0.623. The van der Waals surface area contributed by atoms with Crippen LogP contribution in [0.5, 0.6) is 0 Å². The summed E-state index contributed by atoms with van der Waals surface area (Å²) in [5, 5.41) is 6.29. The second kappa shape index (κ2) is 8.04. The molecule has 0 aliphatic carbocycles. The van der Waals surface area contributed by atoms with E-state index in [1.807, 2.05) is 6.07 Å². The summed E-state index contributed by atoms with van der Waals surface area (Å²) >= 11 is 11.8. The highest BCUT2D eigenvalue weighted by atomic mass is 35.5. The fourth-order valence-corrected chi connectivity index (χ4v) is 2.61. The first-order valence-corrected chi connectivity index (χ1v) is 8.51. The number of anilines is 2. The van der Waals surface area contributed by atoms with E-state index >= 15 is 0 Å². The molecule has 26 heavy (non-hydrogen) atoms. The van der Waals surface area contributed by atoms with Crippen LogP contribution >= 0.6 is 23.2 Å². The van der Waals surface area contributed by atoms with Crippen LogP contribution in [-0.2, 0) is 0 Å². The maximum Gasteiger partial charge on any atom is 0.255 e. The molecule has 0 saturated carbocycles. The third-order valence-electron chi connectivity index (χ3n) is 3.60. The van der Waals surface area contributed by atoms with Gasteiger partial charge in [-0.1, -0.05) is 47.5 Å². The fourth-order valence-electron chi connectivity index (χ4n) is 2.31. The van der Waals surface area contributed by atoms with Gasteiger partial charge in [0.25, 0.3) is 11.8 Å². The fraction of sp³-hybridized carbons (Fsp3) is 0. The minimum atomic E-state index is -0.320. The van der Waals surface area contributed by atoms with Gasteiger partial charge in [-0.15, -0.1) is 0 Å². The molecule has 0 heterocycles. The SMILES string of the molecule is O=C(Nc1cccc(C(=O)Nc2ccc(Cl)c(Cl)c2)c1)c1ccccc1. The molecule has 3 aromatic rings. The monoisotopic (exact) mass is 384 g/mol.